The van der Waals surface area contributed by atoms with E-state index in [4.69, 9.17) is 10.6 Å². The van der Waals surface area contributed by atoms with E-state index < -0.39 is 11.7 Å². The number of hydrogen-bond acceptors (Lipinski definition) is 3. The minimum atomic E-state index is -4.32. The van der Waals surface area contributed by atoms with Crippen molar-refractivity contribution in [1.29, 1.82) is 0 Å². The average Bonchev–Trinajstić information content (AvgIpc) is 2.29. The van der Waals surface area contributed by atoms with Crippen LogP contribution in [0.4, 0.5) is 13.2 Å². The van der Waals surface area contributed by atoms with Gasteiger partial charge in [-0.3, -0.25) is 11.3 Å². The van der Waals surface area contributed by atoms with E-state index in [1.54, 1.807) is 0 Å². The fraction of sp³-hybridized carbons (Fsp3) is 0.500. The molecule has 0 aromatic heterocycles. The maximum atomic E-state index is 12.4. The van der Waals surface area contributed by atoms with Crippen molar-refractivity contribution in [3.05, 3.63) is 35.4 Å². The number of alkyl halides is 3. The van der Waals surface area contributed by atoms with Gasteiger partial charge >= 0.3 is 6.18 Å². The lowest BCUT2D eigenvalue weighted by Gasteiger charge is -2.18. The van der Waals surface area contributed by atoms with Crippen molar-refractivity contribution in [1.82, 2.24) is 5.43 Å². The zero-order chi connectivity index (χ0) is 13.8. The van der Waals surface area contributed by atoms with Gasteiger partial charge in [0.1, 0.15) is 0 Å². The Bertz CT molecular complexity index is 363. The minimum absolute atomic E-state index is 0.0373. The van der Waals surface area contributed by atoms with Crippen LogP contribution in [0, 0.1) is 0 Å². The van der Waals surface area contributed by atoms with Gasteiger partial charge in [-0.2, -0.15) is 13.2 Å². The van der Waals surface area contributed by atoms with Crippen LogP contribution in [0.3, 0.4) is 0 Å². The summed E-state index contributed by atoms with van der Waals surface area (Å²) in [5.41, 5.74) is 2.51. The predicted octanol–water partition coefficient (Wildman–Crippen LogP) is 2.63. The molecule has 102 valence electrons. The molecule has 0 aliphatic carbocycles. The van der Waals surface area contributed by atoms with Crippen molar-refractivity contribution in [2.45, 2.75) is 32.2 Å². The fourth-order valence-corrected chi connectivity index (χ4v) is 1.43. The SMILES string of the molecule is CC(C)OCC(NN)c1ccc(C(F)(F)F)cc1. The molecule has 0 aliphatic rings. The molecule has 0 spiro atoms. The number of halogens is 3. The van der Waals surface area contributed by atoms with E-state index in [1.807, 2.05) is 13.8 Å². The molecule has 0 heterocycles. The summed E-state index contributed by atoms with van der Waals surface area (Å²) in [5.74, 6) is 5.36. The van der Waals surface area contributed by atoms with Crippen molar-refractivity contribution >= 4 is 0 Å². The Labute approximate surface area is 104 Å². The van der Waals surface area contributed by atoms with Gasteiger partial charge in [0.05, 0.1) is 24.3 Å². The highest BCUT2D eigenvalue weighted by atomic mass is 19.4. The second kappa shape index (κ2) is 6.17. The minimum Gasteiger partial charge on any atom is -0.377 e. The van der Waals surface area contributed by atoms with E-state index in [1.165, 1.54) is 12.1 Å². The molecule has 0 amide bonds. The standard InChI is InChI=1S/C12H17F3N2O/c1-8(2)18-7-11(17-16)9-3-5-10(6-4-9)12(13,14)15/h3-6,8,11,17H,7,16H2,1-2H3. The lowest BCUT2D eigenvalue weighted by Crippen LogP contribution is -2.32. The molecule has 0 fully saturated rings. The van der Waals surface area contributed by atoms with Gasteiger partial charge in [0.25, 0.3) is 0 Å². The van der Waals surface area contributed by atoms with Crippen LogP contribution in [-0.2, 0) is 10.9 Å². The molecule has 0 aliphatic heterocycles. The monoisotopic (exact) mass is 262 g/mol. The summed E-state index contributed by atoms with van der Waals surface area (Å²) < 4.78 is 42.6. The summed E-state index contributed by atoms with van der Waals surface area (Å²) in [6.07, 6.45) is -4.28. The first kappa shape index (κ1) is 14.9. The van der Waals surface area contributed by atoms with Crippen LogP contribution in [0.15, 0.2) is 24.3 Å². The molecule has 0 bridgehead atoms. The molecule has 1 atom stereocenters. The van der Waals surface area contributed by atoms with Crippen LogP contribution in [0.1, 0.15) is 31.0 Å². The number of nitrogens with one attached hydrogen (secondary N) is 1. The highest BCUT2D eigenvalue weighted by Gasteiger charge is 2.30. The van der Waals surface area contributed by atoms with Crippen LogP contribution in [0.2, 0.25) is 0 Å². The van der Waals surface area contributed by atoms with Crippen LogP contribution >= 0.6 is 0 Å². The normalized spacial score (nSPS) is 13.9. The largest absolute Gasteiger partial charge is 0.416 e. The highest BCUT2D eigenvalue weighted by molar-refractivity contribution is 5.26. The Morgan fingerprint density at radius 3 is 2.17 bits per heavy atom. The molecule has 1 unspecified atom stereocenters. The van der Waals surface area contributed by atoms with Gasteiger partial charge in [0.2, 0.25) is 0 Å². The smallest absolute Gasteiger partial charge is 0.377 e. The summed E-state index contributed by atoms with van der Waals surface area (Å²) in [4.78, 5) is 0. The van der Waals surface area contributed by atoms with Crippen molar-refractivity contribution in [2.24, 2.45) is 5.84 Å². The fourth-order valence-electron chi connectivity index (χ4n) is 1.43. The first-order valence-electron chi connectivity index (χ1n) is 5.59. The molecule has 1 rings (SSSR count). The summed E-state index contributed by atoms with van der Waals surface area (Å²) >= 11 is 0. The van der Waals surface area contributed by atoms with E-state index in [9.17, 15) is 13.2 Å². The Morgan fingerprint density at radius 2 is 1.78 bits per heavy atom. The molecule has 0 radical (unpaired) electrons. The molecule has 18 heavy (non-hydrogen) atoms. The van der Waals surface area contributed by atoms with Gasteiger partial charge in [-0.05, 0) is 31.5 Å². The van der Waals surface area contributed by atoms with E-state index in [2.05, 4.69) is 5.43 Å². The Hall–Kier alpha value is -1.11. The Kier molecular flexibility index (Phi) is 5.13. The van der Waals surface area contributed by atoms with Crippen molar-refractivity contribution in [2.75, 3.05) is 6.61 Å². The van der Waals surface area contributed by atoms with Gasteiger partial charge in [0, 0.05) is 0 Å². The van der Waals surface area contributed by atoms with Crippen molar-refractivity contribution < 1.29 is 17.9 Å². The molecular weight excluding hydrogens is 245 g/mol. The third kappa shape index (κ3) is 4.29. The number of hydrazine groups is 1. The Morgan fingerprint density at radius 1 is 1.22 bits per heavy atom. The van der Waals surface area contributed by atoms with E-state index in [0.717, 1.165) is 12.1 Å². The van der Waals surface area contributed by atoms with Crippen LogP contribution in [0.5, 0.6) is 0 Å². The number of hydrogen-bond donors (Lipinski definition) is 2. The zero-order valence-corrected chi connectivity index (χ0v) is 10.3. The number of nitrogens with two attached hydrogens (primary N) is 1. The van der Waals surface area contributed by atoms with Gasteiger partial charge in [0.15, 0.2) is 0 Å². The molecule has 0 saturated carbocycles. The van der Waals surface area contributed by atoms with E-state index in [-0.39, 0.29) is 12.1 Å². The van der Waals surface area contributed by atoms with Crippen molar-refractivity contribution in [3.63, 3.8) is 0 Å². The number of rotatable bonds is 5. The predicted molar refractivity (Wildman–Crippen MR) is 62.6 cm³/mol. The van der Waals surface area contributed by atoms with Gasteiger partial charge < -0.3 is 4.74 Å². The van der Waals surface area contributed by atoms with Crippen LogP contribution < -0.4 is 11.3 Å². The summed E-state index contributed by atoms with van der Waals surface area (Å²) in [6.45, 7) is 4.06. The lowest BCUT2D eigenvalue weighted by atomic mass is 10.1. The first-order chi connectivity index (χ1) is 8.34. The lowest BCUT2D eigenvalue weighted by molar-refractivity contribution is -0.137. The molecule has 3 N–H and O–H groups in total. The molecule has 1 aromatic rings. The molecule has 6 heteroatoms. The highest BCUT2D eigenvalue weighted by Crippen LogP contribution is 2.29. The maximum absolute atomic E-state index is 12.4. The Balaban J connectivity index is 2.76. The topological polar surface area (TPSA) is 47.3 Å². The second-order valence-electron chi connectivity index (χ2n) is 4.22. The molecule has 3 nitrogen and oxygen atoms in total. The quantitative estimate of drug-likeness (QED) is 0.633. The summed E-state index contributed by atoms with van der Waals surface area (Å²) in [6, 6.07) is 4.55. The average molecular weight is 262 g/mol. The number of ether oxygens (including phenoxy) is 1. The summed E-state index contributed by atoms with van der Waals surface area (Å²) in [5, 5.41) is 0. The summed E-state index contributed by atoms with van der Waals surface area (Å²) in [7, 11) is 0. The van der Waals surface area contributed by atoms with Gasteiger partial charge in [-0.1, -0.05) is 12.1 Å². The van der Waals surface area contributed by atoms with E-state index >= 15 is 0 Å². The molecular formula is C12H17F3N2O. The maximum Gasteiger partial charge on any atom is 0.416 e. The number of benzene rings is 1. The van der Waals surface area contributed by atoms with Gasteiger partial charge in [-0.25, -0.2) is 0 Å². The molecule has 0 saturated heterocycles. The first-order valence-corrected chi connectivity index (χ1v) is 5.59. The van der Waals surface area contributed by atoms with Crippen molar-refractivity contribution in [3.8, 4) is 0 Å². The van der Waals surface area contributed by atoms with Crippen LogP contribution in [-0.4, -0.2) is 12.7 Å². The third-order valence-electron chi connectivity index (χ3n) is 2.44. The van der Waals surface area contributed by atoms with Crippen LogP contribution in [0.25, 0.3) is 0 Å². The zero-order valence-electron chi connectivity index (χ0n) is 10.3. The third-order valence-corrected chi connectivity index (χ3v) is 2.44. The van der Waals surface area contributed by atoms with E-state index in [0.29, 0.717) is 12.2 Å². The molecule has 1 aromatic carbocycles. The van der Waals surface area contributed by atoms with Gasteiger partial charge in [-0.15, -0.1) is 0 Å². The second-order valence-corrected chi connectivity index (χ2v) is 4.22.